The van der Waals surface area contributed by atoms with E-state index in [9.17, 15) is 19.2 Å². The van der Waals surface area contributed by atoms with Crippen LogP contribution in [0.25, 0.3) is 0 Å². The van der Waals surface area contributed by atoms with E-state index < -0.39 is 17.5 Å². The number of nitrogens with two attached hydrogens (primary N) is 1. The van der Waals surface area contributed by atoms with Crippen molar-refractivity contribution in [2.45, 2.75) is 93.9 Å². The molecule has 0 aromatic carbocycles. The van der Waals surface area contributed by atoms with Crippen molar-refractivity contribution in [3.63, 3.8) is 0 Å². The Hall–Kier alpha value is -2.24. The highest BCUT2D eigenvalue weighted by atomic mass is 16.2. The molecule has 212 valence electrons. The summed E-state index contributed by atoms with van der Waals surface area (Å²) < 4.78 is 0. The Morgan fingerprint density at radius 3 is 2.21 bits per heavy atom. The summed E-state index contributed by atoms with van der Waals surface area (Å²) in [5.74, 6) is -1.19. The van der Waals surface area contributed by atoms with Crippen LogP contribution in [0.4, 0.5) is 0 Å². The van der Waals surface area contributed by atoms with Crippen LogP contribution in [-0.4, -0.2) is 126 Å². The van der Waals surface area contributed by atoms with Gasteiger partial charge in [0.2, 0.25) is 23.6 Å². The van der Waals surface area contributed by atoms with Gasteiger partial charge in [-0.1, -0.05) is 0 Å². The van der Waals surface area contributed by atoms with E-state index in [1.807, 2.05) is 0 Å². The average molecular weight is 532 g/mol. The van der Waals surface area contributed by atoms with E-state index in [1.54, 1.807) is 4.90 Å². The summed E-state index contributed by atoms with van der Waals surface area (Å²) in [5.41, 5.74) is 4.93. The molecule has 4 N–H and O–H groups in total. The fraction of sp³-hybridized carbons (Fsp3) is 0.852. The average Bonchev–Trinajstić information content (AvgIpc) is 3.39. The molecule has 0 saturated carbocycles. The molecule has 11 nitrogen and oxygen atoms in total. The number of hydrogen-bond donors (Lipinski definition) is 3. The normalized spacial score (nSPS) is 31.5. The van der Waals surface area contributed by atoms with Gasteiger partial charge < -0.3 is 31.1 Å². The number of rotatable bonds is 2. The zero-order chi connectivity index (χ0) is 26.9. The molecule has 11 heteroatoms. The van der Waals surface area contributed by atoms with Gasteiger partial charge in [0.25, 0.3) is 0 Å². The summed E-state index contributed by atoms with van der Waals surface area (Å²) in [4.78, 5) is 61.3. The predicted molar refractivity (Wildman–Crippen MR) is 142 cm³/mol. The third-order valence-corrected chi connectivity index (χ3v) is 9.79. The van der Waals surface area contributed by atoms with Crippen molar-refractivity contribution < 1.29 is 19.2 Å². The van der Waals surface area contributed by atoms with Crippen LogP contribution >= 0.6 is 0 Å². The Labute approximate surface area is 225 Å². The van der Waals surface area contributed by atoms with Crippen LogP contribution in [0.1, 0.15) is 64.2 Å². The van der Waals surface area contributed by atoms with Crippen molar-refractivity contribution in [3.8, 4) is 0 Å². The monoisotopic (exact) mass is 531 g/mol. The summed E-state index contributed by atoms with van der Waals surface area (Å²) >= 11 is 0. The quantitative estimate of drug-likeness (QED) is 0.427. The van der Waals surface area contributed by atoms with Crippen LogP contribution in [0.15, 0.2) is 0 Å². The van der Waals surface area contributed by atoms with E-state index in [4.69, 9.17) is 5.73 Å². The first kappa shape index (κ1) is 27.3. The van der Waals surface area contributed by atoms with Crippen LogP contribution in [0.3, 0.4) is 0 Å². The van der Waals surface area contributed by atoms with Gasteiger partial charge in [0.05, 0.1) is 18.0 Å². The molecule has 38 heavy (non-hydrogen) atoms. The maximum atomic E-state index is 13.8. The maximum absolute atomic E-state index is 13.8. The summed E-state index contributed by atoms with van der Waals surface area (Å²) in [6, 6.07) is -0.446. The van der Waals surface area contributed by atoms with Crippen molar-refractivity contribution in [1.29, 1.82) is 0 Å². The first-order valence-electron chi connectivity index (χ1n) is 14.6. The second-order valence-corrected chi connectivity index (χ2v) is 12.3. The number of hydrogen-bond acceptors (Lipinski definition) is 7. The van der Waals surface area contributed by atoms with Crippen LogP contribution in [0, 0.1) is 0 Å². The Balaban J connectivity index is 1.36. The second kappa shape index (κ2) is 11.5. The van der Waals surface area contributed by atoms with Crippen molar-refractivity contribution >= 4 is 23.6 Å². The molecular weight excluding hydrogens is 486 g/mol. The van der Waals surface area contributed by atoms with E-state index in [0.29, 0.717) is 32.0 Å². The number of carbonyl (C=O) groups excluding carboxylic acids is 4. The molecule has 6 saturated heterocycles. The zero-order valence-electron chi connectivity index (χ0n) is 22.8. The minimum absolute atomic E-state index is 0.0165. The molecule has 0 aromatic rings. The van der Waals surface area contributed by atoms with Crippen LogP contribution < -0.4 is 16.4 Å². The fourth-order valence-electron chi connectivity index (χ4n) is 7.40. The molecule has 6 fully saturated rings. The lowest BCUT2D eigenvalue weighted by atomic mass is 9.82. The van der Waals surface area contributed by atoms with Crippen LogP contribution in [0.5, 0.6) is 0 Å². The van der Waals surface area contributed by atoms with E-state index in [-0.39, 0.29) is 42.6 Å². The molecule has 6 rings (SSSR count). The SMILES string of the molecule is CN1CCC(N2CCC3(CC2)CC(=O)N[C@H](C(N)=O)CC(=O)N2CCC(CC2)N2CCC[C@H]2C(=O)N3)CC1. The van der Waals surface area contributed by atoms with Crippen molar-refractivity contribution in [2.75, 3.05) is 52.9 Å². The Kier molecular flexibility index (Phi) is 8.25. The summed E-state index contributed by atoms with van der Waals surface area (Å²) in [6.45, 7) is 5.90. The molecular formula is C27H45N7O4. The third kappa shape index (κ3) is 5.99. The molecule has 2 atom stereocenters. The van der Waals surface area contributed by atoms with Crippen LogP contribution in [0.2, 0.25) is 0 Å². The number of primary amides is 1. The summed E-state index contributed by atoms with van der Waals surface area (Å²) in [5, 5.41) is 6.12. The van der Waals surface area contributed by atoms with Crippen LogP contribution in [-0.2, 0) is 19.2 Å². The lowest BCUT2D eigenvalue weighted by Crippen LogP contribution is -2.62. The lowest BCUT2D eigenvalue weighted by Gasteiger charge is -2.47. The van der Waals surface area contributed by atoms with Gasteiger partial charge in [-0.2, -0.15) is 0 Å². The number of piperidine rings is 3. The molecule has 6 heterocycles. The molecule has 4 amide bonds. The van der Waals surface area contributed by atoms with Gasteiger partial charge in [0.15, 0.2) is 0 Å². The highest BCUT2D eigenvalue weighted by Gasteiger charge is 2.44. The Morgan fingerprint density at radius 1 is 0.895 bits per heavy atom. The van der Waals surface area contributed by atoms with Gasteiger partial charge in [-0.05, 0) is 78.0 Å². The number of nitrogens with zero attached hydrogens (tertiary/aromatic N) is 4. The number of fused-ring (bicyclic) bond motifs is 8. The third-order valence-electron chi connectivity index (χ3n) is 9.79. The molecule has 2 bridgehead atoms. The summed E-state index contributed by atoms with van der Waals surface area (Å²) in [7, 11) is 2.16. The minimum atomic E-state index is -1.05. The van der Waals surface area contributed by atoms with Gasteiger partial charge in [0.1, 0.15) is 6.04 Å². The van der Waals surface area contributed by atoms with Gasteiger partial charge >= 0.3 is 0 Å². The number of carbonyl (C=O) groups is 4. The van der Waals surface area contributed by atoms with Gasteiger partial charge in [-0.3, -0.25) is 24.1 Å². The molecule has 1 spiro atoms. The number of nitrogens with one attached hydrogen (secondary N) is 2. The lowest BCUT2D eigenvalue weighted by molar-refractivity contribution is -0.136. The fourth-order valence-corrected chi connectivity index (χ4v) is 7.40. The molecule has 6 aliphatic rings. The second-order valence-electron chi connectivity index (χ2n) is 12.3. The molecule has 0 aromatic heterocycles. The van der Waals surface area contributed by atoms with E-state index in [0.717, 1.165) is 71.2 Å². The highest BCUT2D eigenvalue weighted by Crippen LogP contribution is 2.32. The van der Waals surface area contributed by atoms with Gasteiger partial charge in [-0.15, -0.1) is 0 Å². The topological polar surface area (TPSA) is 131 Å². The largest absolute Gasteiger partial charge is 0.368 e. The van der Waals surface area contributed by atoms with Crippen molar-refractivity contribution in [3.05, 3.63) is 0 Å². The Bertz CT molecular complexity index is 905. The smallest absolute Gasteiger partial charge is 0.240 e. The first-order chi connectivity index (χ1) is 18.2. The molecule has 0 radical (unpaired) electrons. The molecule has 0 unspecified atom stereocenters. The summed E-state index contributed by atoms with van der Waals surface area (Å²) in [6.07, 6.45) is 7.01. The van der Waals surface area contributed by atoms with Crippen molar-refractivity contribution in [1.82, 2.24) is 30.2 Å². The van der Waals surface area contributed by atoms with Gasteiger partial charge in [-0.25, -0.2) is 0 Å². The van der Waals surface area contributed by atoms with Crippen molar-refractivity contribution in [2.24, 2.45) is 5.73 Å². The van der Waals surface area contributed by atoms with Gasteiger partial charge in [0, 0.05) is 44.7 Å². The molecule has 6 aliphatic heterocycles. The highest BCUT2D eigenvalue weighted by molar-refractivity contribution is 5.92. The first-order valence-corrected chi connectivity index (χ1v) is 14.6. The standard InChI is InChI=1S/C27H45N7O4/c1-31-11-4-19(5-12-31)32-15-8-27(9-16-32)18-23(35)29-21(25(28)37)17-24(36)33-13-6-20(7-14-33)34-10-2-3-22(34)26(38)30-27/h19-22H,2-18H2,1H3,(H2,28,37)(H,29,35)(H,30,38)/t21-,22-/m0/s1. The molecule has 0 aliphatic carbocycles. The van der Waals surface area contributed by atoms with E-state index in [2.05, 4.69) is 32.4 Å². The van der Waals surface area contributed by atoms with E-state index in [1.165, 1.54) is 0 Å². The Morgan fingerprint density at radius 2 is 1.55 bits per heavy atom. The van der Waals surface area contributed by atoms with E-state index >= 15 is 0 Å². The predicted octanol–water partition coefficient (Wildman–Crippen LogP) is -0.749. The number of amides is 4. The number of likely N-dealkylation sites (tertiary alicyclic amines) is 2. The zero-order valence-corrected chi connectivity index (χ0v) is 22.8. The minimum Gasteiger partial charge on any atom is -0.368 e. The maximum Gasteiger partial charge on any atom is 0.240 e.